The second-order valence-electron chi connectivity index (χ2n) is 6.23. The first-order chi connectivity index (χ1) is 9.52. The summed E-state index contributed by atoms with van der Waals surface area (Å²) in [5.74, 6) is 0.753. The number of hydrogen-bond acceptors (Lipinski definition) is 2. The summed E-state index contributed by atoms with van der Waals surface area (Å²) in [7, 11) is 0. The van der Waals surface area contributed by atoms with Gasteiger partial charge in [0.05, 0.1) is 0 Å². The smallest absolute Gasteiger partial charge is 0.298 e. The molecule has 0 radical (unpaired) electrons. The van der Waals surface area contributed by atoms with Gasteiger partial charge in [0, 0.05) is 17.7 Å². The van der Waals surface area contributed by atoms with Gasteiger partial charge in [-0.25, -0.2) is 8.78 Å². The molecule has 1 aromatic rings. The third-order valence-electron chi connectivity index (χ3n) is 5.50. The van der Waals surface area contributed by atoms with Crippen molar-refractivity contribution in [1.82, 2.24) is 0 Å². The lowest BCUT2D eigenvalue weighted by molar-refractivity contribution is -0.120. The summed E-state index contributed by atoms with van der Waals surface area (Å²) < 4.78 is 32.9. The first-order valence-corrected chi connectivity index (χ1v) is 7.12. The van der Waals surface area contributed by atoms with Crippen LogP contribution in [0.2, 0.25) is 0 Å². The number of fused-ring (bicyclic) bond motifs is 2. The molecular weight excluding hydrogens is 262 g/mol. The molecule has 1 aromatic carbocycles. The van der Waals surface area contributed by atoms with Crippen LogP contribution in [-0.4, -0.2) is 6.47 Å². The molecule has 2 aliphatic carbocycles. The molecule has 0 aromatic heterocycles. The molecule has 2 nitrogen and oxygen atoms in total. The zero-order chi connectivity index (χ0) is 14.4. The van der Waals surface area contributed by atoms with E-state index < -0.39 is 11.6 Å². The van der Waals surface area contributed by atoms with Gasteiger partial charge < -0.3 is 4.74 Å². The Morgan fingerprint density at radius 3 is 2.30 bits per heavy atom. The van der Waals surface area contributed by atoms with Gasteiger partial charge >= 0.3 is 0 Å². The first kappa shape index (κ1) is 13.5. The van der Waals surface area contributed by atoms with Crippen LogP contribution in [0.25, 0.3) is 0 Å². The van der Waals surface area contributed by atoms with Gasteiger partial charge in [0.2, 0.25) is 0 Å². The fraction of sp³-hybridized carbons (Fsp3) is 0.562. The SMILES string of the molecule is CC1C2CC(c3c(F)cc(OC=O)cc3F)C(C2)C1C. The fourth-order valence-electron chi connectivity index (χ4n) is 4.31. The third-order valence-corrected chi connectivity index (χ3v) is 5.50. The van der Waals surface area contributed by atoms with Crippen LogP contribution in [0, 0.1) is 35.3 Å². The minimum atomic E-state index is -0.598. The van der Waals surface area contributed by atoms with Crippen LogP contribution in [-0.2, 0) is 4.79 Å². The van der Waals surface area contributed by atoms with Crippen molar-refractivity contribution in [1.29, 1.82) is 0 Å². The van der Waals surface area contributed by atoms with Gasteiger partial charge in [0.25, 0.3) is 6.47 Å². The van der Waals surface area contributed by atoms with Crippen molar-refractivity contribution >= 4 is 6.47 Å². The average molecular weight is 280 g/mol. The van der Waals surface area contributed by atoms with Crippen LogP contribution >= 0.6 is 0 Å². The summed E-state index contributed by atoms with van der Waals surface area (Å²) in [6.45, 7) is 4.59. The predicted molar refractivity (Wildman–Crippen MR) is 70.3 cm³/mol. The van der Waals surface area contributed by atoms with Gasteiger partial charge in [-0.2, -0.15) is 0 Å². The van der Waals surface area contributed by atoms with E-state index in [0.29, 0.717) is 23.7 Å². The molecule has 20 heavy (non-hydrogen) atoms. The molecule has 2 aliphatic rings. The lowest BCUT2D eigenvalue weighted by Gasteiger charge is -2.32. The van der Waals surface area contributed by atoms with E-state index in [2.05, 4.69) is 18.6 Å². The van der Waals surface area contributed by atoms with E-state index in [4.69, 9.17) is 0 Å². The Morgan fingerprint density at radius 2 is 1.80 bits per heavy atom. The highest BCUT2D eigenvalue weighted by Crippen LogP contribution is 2.59. The molecule has 0 amide bonds. The highest BCUT2D eigenvalue weighted by Gasteiger charge is 2.50. The average Bonchev–Trinajstić information content (AvgIpc) is 2.91. The summed E-state index contributed by atoms with van der Waals surface area (Å²) in [5.41, 5.74) is 0.175. The molecule has 108 valence electrons. The fourth-order valence-corrected chi connectivity index (χ4v) is 4.31. The van der Waals surface area contributed by atoms with Gasteiger partial charge in [-0.1, -0.05) is 13.8 Å². The second kappa shape index (κ2) is 4.83. The maximum absolute atomic E-state index is 14.2. The van der Waals surface area contributed by atoms with E-state index in [1.54, 1.807) is 0 Å². The molecule has 0 saturated heterocycles. The van der Waals surface area contributed by atoms with Gasteiger partial charge in [-0.15, -0.1) is 0 Å². The standard InChI is InChI=1S/C16H18F2O2/c1-8-9(2)12-3-10(8)4-13(12)16-14(17)5-11(20-7-19)6-15(16)18/h5-10,12-13H,3-4H2,1-2H3. The van der Waals surface area contributed by atoms with Crippen molar-refractivity contribution in [3.63, 3.8) is 0 Å². The monoisotopic (exact) mass is 280 g/mol. The van der Waals surface area contributed by atoms with Gasteiger partial charge in [0.15, 0.2) is 0 Å². The highest BCUT2D eigenvalue weighted by molar-refractivity contribution is 5.46. The van der Waals surface area contributed by atoms with E-state index in [1.807, 2.05) is 0 Å². The molecule has 5 unspecified atom stereocenters. The number of hydrogen-bond donors (Lipinski definition) is 0. The molecule has 3 rings (SSSR count). The van der Waals surface area contributed by atoms with Crippen molar-refractivity contribution in [3.8, 4) is 5.75 Å². The normalized spacial score (nSPS) is 35.3. The zero-order valence-corrected chi connectivity index (χ0v) is 11.6. The number of benzene rings is 1. The van der Waals surface area contributed by atoms with Crippen molar-refractivity contribution in [3.05, 3.63) is 29.3 Å². The van der Waals surface area contributed by atoms with Gasteiger partial charge in [-0.3, -0.25) is 4.79 Å². The summed E-state index contributed by atoms with van der Waals surface area (Å²) in [6.07, 6.45) is 1.93. The van der Waals surface area contributed by atoms with E-state index in [1.165, 1.54) is 0 Å². The number of carbonyl (C=O) groups excluding carboxylic acids is 1. The van der Waals surface area contributed by atoms with E-state index in [9.17, 15) is 13.6 Å². The number of carbonyl (C=O) groups is 1. The summed E-state index contributed by atoms with van der Waals surface area (Å²) >= 11 is 0. The molecule has 5 atom stereocenters. The Labute approximate surface area is 117 Å². The Bertz CT molecular complexity index is 518. The third kappa shape index (κ3) is 1.93. The van der Waals surface area contributed by atoms with Crippen molar-refractivity contribution in [2.45, 2.75) is 32.6 Å². The van der Waals surface area contributed by atoms with Gasteiger partial charge in [-0.05, 0) is 42.4 Å². The zero-order valence-electron chi connectivity index (χ0n) is 11.6. The topological polar surface area (TPSA) is 26.3 Å². The Kier molecular flexibility index (Phi) is 3.27. The molecule has 0 heterocycles. The quantitative estimate of drug-likeness (QED) is 0.785. The van der Waals surface area contributed by atoms with Crippen LogP contribution in [0.15, 0.2) is 12.1 Å². The number of rotatable bonds is 3. The van der Waals surface area contributed by atoms with E-state index in [0.717, 1.165) is 25.0 Å². The largest absolute Gasteiger partial charge is 0.429 e. The van der Waals surface area contributed by atoms with Crippen LogP contribution in [0.4, 0.5) is 8.78 Å². The number of halogens is 2. The molecule has 0 N–H and O–H groups in total. The summed E-state index contributed by atoms with van der Waals surface area (Å²) in [4.78, 5) is 10.3. The molecule has 0 aliphatic heterocycles. The Balaban J connectivity index is 1.94. The number of ether oxygens (including phenoxy) is 1. The van der Waals surface area contributed by atoms with Crippen molar-refractivity contribution in [2.75, 3.05) is 0 Å². The lowest BCUT2D eigenvalue weighted by atomic mass is 9.73. The van der Waals surface area contributed by atoms with Crippen LogP contribution < -0.4 is 4.74 Å². The van der Waals surface area contributed by atoms with Gasteiger partial charge in [0.1, 0.15) is 17.4 Å². The van der Waals surface area contributed by atoms with Crippen molar-refractivity contribution in [2.24, 2.45) is 23.7 Å². The second-order valence-corrected chi connectivity index (χ2v) is 6.23. The van der Waals surface area contributed by atoms with E-state index >= 15 is 0 Å². The Morgan fingerprint density at radius 1 is 1.15 bits per heavy atom. The molecule has 2 bridgehead atoms. The molecule has 0 spiro atoms. The molecule has 2 saturated carbocycles. The van der Waals surface area contributed by atoms with Crippen LogP contribution in [0.5, 0.6) is 5.75 Å². The maximum atomic E-state index is 14.2. The molecular formula is C16H18F2O2. The molecule has 4 heteroatoms. The molecule has 2 fully saturated rings. The van der Waals surface area contributed by atoms with E-state index in [-0.39, 0.29) is 23.7 Å². The summed E-state index contributed by atoms with van der Waals surface area (Å²) in [6, 6.07) is 2.21. The van der Waals surface area contributed by atoms with Crippen LogP contribution in [0.1, 0.15) is 38.2 Å². The Hall–Kier alpha value is -1.45. The minimum absolute atomic E-state index is 0.0449. The maximum Gasteiger partial charge on any atom is 0.298 e. The minimum Gasteiger partial charge on any atom is -0.429 e. The lowest BCUT2D eigenvalue weighted by Crippen LogP contribution is -2.24. The first-order valence-electron chi connectivity index (χ1n) is 7.12. The summed E-state index contributed by atoms with van der Waals surface area (Å²) in [5, 5.41) is 0. The predicted octanol–water partition coefficient (Wildman–Crippen LogP) is 3.90. The highest BCUT2D eigenvalue weighted by atomic mass is 19.1. The van der Waals surface area contributed by atoms with Crippen LogP contribution in [0.3, 0.4) is 0 Å². The van der Waals surface area contributed by atoms with Crippen molar-refractivity contribution < 1.29 is 18.3 Å².